The number of aryl methyl sites for hydroxylation is 1. The Bertz CT molecular complexity index is 1310. The maximum absolute atomic E-state index is 12.9. The van der Waals surface area contributed by atoms with Crippen molar-refractivity contribution in [1.82, 2.24) is 4.57 Å². The maximum atomic E-state index is 12.9. The molecule has 0 aliphatic heterocycles. The van der Waals surface area contributed by atoms with E-state index in [-0.39, 0.29) is 4.90 Å². The van der Waals surface area contributed by atoms with Crippen LogP contribution in [0.3, 0.4) is 0 Å². The van der Waals surface area contributed by atoms with E-state index in [4.69, 9.17) is 0 Å². The molecule has 7 heteroatoms. The Kier molecular flexibility index (Phi) is 5.54. The molecule has 1 aromatic heterocycles. The monoisotopic (exact) mass is 484 g/mol. The third-order valence-corrected chi connectivity index (χ3v) is 7.13. The Morgan fingerprint density at radius 3 is 2.21 bits per heavy atom. The lowest BCUT2D eigenvalue weighted by Crippen LogP contribution is -2.16. The highest BCUT2D eigenvalue weighted by Gasteiger charge is 2.16. The number of halogens is 1. The molecule has 1 heterocycles. The van der Waals surface area contributed by atoms with E-state index in [0.29, 0.717) is 4.80 Å². The van der Waals surface area contributed by atoms with Gasteiger partial charge in [0.05, 0.1) is 10.6 Å². The summed E-state index contributed by atoms with van der Waals surface area (Å²) in [6.45, 7) is 1.92. The van der Waals surface area contributed by atoms with Crippen molar-refractivity contribution in [2.45, 2.75) is 11.8 Å². The van der Waals surface area contributed by atoms with Gasteiger partial charge in [-0.15, -0.1) is 15.7 Å². The molecule has 0 saturated carbocycles. The van der Waals surface area contributed by atoms with Crippen molar-refractivity contribution in [3.05, 3.63) is 99.1 Å². The molecule has 0 saturated heterocycles. The molecule has 146 valence electrons. The third kappa shape index (κ3) is 4.27. The van der Waals surface area contributed by atoms with Gasteiger partial charge in [-0.25, -0.2) is 0 Å². The second kappa shape index (κ2) is 8.10. The Morgan fingerprint density at radius 1 is 0.897 bits per heavy atom. The van der Waals surface area contributed by atoms with Crippen molar-refractivity contribution in [3.8, 4) is 16.9 Å². The van der Waals surface area contributed by atoms with Crippen LogP contribution < -0.4 is 4.80 Å². The molecule has 3 aromatic carbocycles. The van der Waals surface area contributed by atoms with Crippen LogP contribution in [0.1, 0.15) is 5.56 Å². The average molecular weight is 485 g/mol. The number of para-hydroxylation sites is 1. The third-order valence-electron chi connectivity index (χ3n) is 4.38. The number of benzene rings is 3. The second-order valence-electron chi connectivity index (χ2n) is 6.46. The molecule has 0 radical (unpaired) electrons. The zero-order valence-electron chi connectivity index (χ0n) is 15.5. The predicted octanol–water partition coefficient (Wildman–Crippen LogP) is 5.57. The van der Waals surface area contributed by atoms with Gasteiger partial charge in [0.25, 0.3) is 10.0 Å². The van der Waals surface area contributed by atoms with Crippen molar-refractivity contribution in [2.75, 3.05) is 0 Å². The van der Waals surface area contributed by atoms with Crippen LogP contribution in [-0.4, -0.2) is 13.0 Å². The summed E-state index contributed by atoms with van der Waals surface area (Å²) in [5.41, 5.74) is 3.70. The number of hydrogen-bond donors (Lipinski definition) is 0. The number of hydrogen-bond acceptors (Lipinski definition) is 3. The standard InChI is InChI=1S/C22H17BrN2O2S2/c1-16-7-13-20(14-8-16)29(26,27)24-22-25(19-5-3-2-4-6-19)21(15-28-22)17-9-11-18(23)12-10-17/h2-15H,1H3. The molecule has 4 aromatic rings. The summed E-state index contributed by atoms with van der Waals surface area (Å²) in [7, 11) is -3.83. The van der Waals surface area contributed by atoms with Crippen LogP contribution in [-0.2, 0) is 10.0 Å². The Labute approximate surface area is 182 Å². The number of nitrogens with zero attached hydrogens (tertiary/aromatic N) is 2. The summed E-state index contributed by atoms with van der Waals surface area (Å²) >= 11 is 4.76. The minimum absolute atomic E-state index is 0.182. The van der Waals surface area contributed by atoms with Gasteiger partial charge in [0.15, 0.2) is 0 Å². The number of sulfonamides is 1. The molecule has 0 bridgehead atoms. The molecule has 0 amide bonds. The van der Waals surface area contributed by atoms with Gasteiger partial charge in [-0.3, -0.25) is 4.57 Å². The quantitative estimate of drug-likeness (QED) is 0.380. The van der Waals surface area contributed by atoms with E-state index in [0.717, 1.165) is 27.0 Å². The van der Waals surface area contributed by atoms with Crippen molar-refractivity contribution in [1.29, 1.82) is 0 Å². The second-order valence-corrected chi connectivity index (χ2v) is 9.82. The highest BCUT2D eigenvalue weighted by Crippen LogP contribution is 2.25. The molecule has 0 aliphatic rings. The summed E-state index contributed by atoms with van der Waals surface area (Å²) in [5.74, 6) is 0. The van der Waals surface area contributed by atoms with Gasteiger partial charge in [0.1, 0.15) is 0 Å². The van der Waals surface area contributed by atoms with Gasteiger partial charge in [-0.2, -0.15) is 8.42 Å². The van der Waals surface area contributed by atoms with Crippen LogP contribution >= 0.6 is 27.3 Å². The summed E-state index contributed by atoms with van der Waals surface area (Å²) in [6.07, 6.45) is 0. The number of rotatable bonds is 4. The van der Waals surface area contributed by atoms with E-state index in [9.17, 15) is 8.42 Å². The van der Waals surface area contributed by atoms with E-state index < -0.39 is 10.0 Å². The van der Waals surface area contributed by atoms with E-state index in [2.05, 4.69) is 20.3 Å². The summed E-state index contributed by atoms with van der Waals surface area (Å²) in [4.78, 5) is 0.580. The van der Waals surface area contributed by atoms with Crippen LogP contribution in [0.25, 0.3) is 16.9 Å². The summed E-state index contributed by atoms with van der Waals surface area (Å²) in [6, 6.07) is 24.3. The maximum Gasteiger partial charge on any atom is 0.285 e. The normalized spacial score (nSPS) is 12.3. The first-order chi connectivity index (χ1) is 13.9. The zero-order chi connectivity index (χ0) is 20.4. The Balaban J connectivity index is 1.93. The first-order valence-electron chi connectivity index (χ1n) is 8.84. The molecule has 0 unspecified atom stereocenters. The summed E-state index contributed by atoms with van der Waals surface area (Å²) in [5, 5.41) is 1.93. The van der Waals surface area contributed by atoms with Crippen LogP contribution in [0.2, 0.25) is 0 Å². The molecule has 0 fully saturated rings. The van der Waals surface area contributed by atoms with Gasteiger partial charge >= 0.3 is 0 Å². The average Bonchev–Trinajstić information content (AvgIpc) is 3.12. The van der Waals surface area contributed by atoms with Crippen LogP contribution in [0.5, 0.6) is 0 Å². The van der Waals surface area contributed by atoms with Crippen LogP contribution in [0.15, 0.2) is 98.0 Å². The highest BCUT2D eigenvalue weighted by molar-refractivity contribution is 9.10. The van der Waals surface area contributed by atoms with E-state index in [1.807, 2.05) is 71.5 Å². The van der Waals surface area contributed by atoms with E-state index >= 15 is 0 Å². The minimum Gasteiger partial charge on any atom is -0.284 e. The summed E-state index contributed by atoms with van der Waals surface area (Å²) < 4.78 is 32.8. The largest absolute Gasteiger partial charge is 0.285 e. The van der Waals surface area contributed by atoms with Crippen molar-refractivity contribution >= 4 is 37.3 Å². The van der Waals surface area contributed by atoms with Crippen LogP contribution in [0, 0.1) is 6.92 Å². The predicted molar refractivity (Wildman–Crippen MR) is 121 cm³/mol. The molecule has 0 atom stereocenters. The zero-order valence-corrected chi connectivity index (χ0v) is 18.7. The molecular weight excluding hydrogens is 468 g/mol. The van der Waals surface area contributed by atoms with Crippen molar-refractivity contribution < 1.29 is 8.42 Å². The topological polar surface area (TPSA) is 51.4 Å². The lowest BCUT2D eigenvalue weighted by Gasteiger charge is -2.09. The Morgan fingerprint density at radius 2 is 1.55 bits per heavy atom. The lowest BCUT2D eigenvalue weighted by molar-refractivity contribution is 0.596. The molecule has 0 N–H and O–H groups in total. The van der Waals surface area contributed by atoms with Gasteiger partial charge in [-0.1, -0.05) is 64.0 Å². The molecule has 0 aliphatic carbocycles. The van der Waals surface area contributed by atoms with Crippen LogP contribution in [0.4, 0.5) is 0 Å². The minimum atomic E-state index is -3.83. The lowest BCUT2D eigenvalue weighted by atomic mass is 10.1. The fourth-order valence-electron chi connectivity index (χ4n) is 2.89. The SMILES string of the molecule is Cc1ccc(S(=O)(=O)N=c2scc(-c3ccc(Br)cc3)n2-c2ccccc2)cc1. The van der Waals surface area contributed by atoms with E-state index in [1.165, 1.54) is 11.3 Å². The molecule has 0 spiro atoms. The highest BCUT2D eigenvalue weighted by atomic mass is 79.9. The molecular formula is C22H17BrN2O2S2. The van der Waals surface area contributed by atoms with Crippen molar-refractivity contribution in [3.63, 3.8) is 0 Å². The first-order valence-corrected chi connectivity index (χ1v) is 11.9. The van der Waals surface area contributed by atoms with E-state index in [1.54, 1.807) is 24.3 Å². The fraction of sp³-hybridized carbons (Fsp3) is 0.0455. The van der Waals surface area contributed by atoms with Gasteiger partial charge in [-0.05, 0) is 48.9 Å². The fourth-order valence-corrected chi connectivity index (χ4v) is 5.26. The van der Waals surface area contributed by atoms with Crippen molar-refractivity contribution in [2.24, 2.45) is 4.40 Å². The van der Waals surface area contributed by atoms with Gasteiger partial charge < -0.3 is 0 Å². The Hall–Kier alpha value is -2.48. The number of aromatic nitrogens is 1. The molecule has 4 nitrogen and oxygen atoms in total. The smallest absolute Gasteiger partial charge is 0.284 e. The number of thiazole rings is 1. The van der Waals surface area contributed by atoms with Gasteiger partial charge in [0.2, 0.25) is 4.80 Å². The van der Waals surface area contributed by atoms with Gasteiger partial charge in [0, 0.05) is 15.5 Å². The molecule has 29 heavy (non-hydrogen) atoms. The first kappa shape index (κ1) is 19.8. The molecule has 4 rings (SSSR count).